The molecule has 0 spiro atoms. The van der Waals surface area contributed by atoms with Crippen LogP contribution in [-0.4, -0.2) is 62.7 Å². The molecular formula is C15H27NO6. The lowest BCUT2D eigenvalue weighted by molar-refractivity contribution is -0.146. The Morgan fingerprint density at radius 2 is 1.68 bits per heavy atom. The standard InChI is InChI=1S/C15H27NO6/c17-14(18)3-1-2-4-15(19)22-12-10-20-9-11-21-13-5-7-16-8-6-13/h13,16H,1-12H2,(H,17,18). The first kappa shape index (κ1) is 18.9. The lowest BCUT2D eigenvalue weighted by Crippen LogP contribution is -2.33. The van der Waals surface area contributed by atoms with Crippen molar-refractivity contribution >= 4 is 11.9 Å². The van der Waals surface area contributed by atoms with Crippen LogP contribution >= 0.6 is 0 Å². The smallest absolute Gasteiger partial charge is 0.305 e. The van der Waals surface area contributed by atoms with Crippen LogP contribution < -0.4 is 5.32 Å². The number of rotatable bonds is 12. The van der Waals surface area contributed by atoms with Gasteiger partial charge in [-0.3, -0.25) is 9.59 Å². The Kier molecular flexibility index (Phi) is 10.6. The third kappa shape index (κ3) is 10.5. The summed E-state index contributed by atoms with van der Waals surface area (Å²) >= 11 is 0. The summed E-state index contributed by atoms with van der Waals surface area (Å²) in [5.41, 5.74) is 0. The number of hydrogen-bond donors (Lipinski definition) is 2. The minimum absolute atomic E-state index is 0.0907. The highest BCUT2D eigenvalue weighted by Gasteiger charge is 2.12. The first-order chi connectivity index (χ1) is 10.7. The molecule has 1 rings (SSSR count). The lowest BCUT2D eigenvalue weighted by Gasteiger charge is -2.22. The van der Waals surface area contributed by atoms with Gasteiger partial charge in [0.05, 0.1) is 25.9 Å². The molecule has 0 unspecified atom stereocenters. The normalized spacial score (nSPS) is 15.6. The average Bonchev–Trinajstić information content (AvgIpc) is 2.51. The van der Waals surface area contributed by atoms with E-state index < -0.39 is 5.97 Å². The van der Waals surface area contributed by atoms with Crippen molar-refractivity contribution < 1.29 is 28.9 Å². The zero-order chi connectivity index (χ0) is 16.0. The molecule has 0 aromatic carbocycles. The van der Waals surface area contributed by atoms with Gasteiger partial charge in [0.2, 0.25) is 0 Å². The van der Waals surface area contributed by atoms with Crippen LogP contribution in [0.4, 0.5) is 0 Å². The fourth-order valence-electron chi connectivity index (χ4n) is 2.17. The molecule has 0 saturated carbocycles. The fraction of sp³-hybridized carbons (Fsp3) is 0.867. The molecule has 0 bridgehead atoms. The largest absolute Gasteiger partial charge is 0.481 e. The van der Waals surface area contributed by atoms with Crippen molar-refractivity contribution in [2.75, 3.05) is 39.5 Å². The van der Waals surface area contributed by atoms with E-state index in [1.165, 1.54) is 0 Å². The molecule has 0 aromatic heterocycles. The highest BCUT2D eigenvalue weighted by atomic mass is 16.6. The molecule has 128 valence electrons. The van der Waals surface area contributed by atoms with Gasteiger partial charge in [0, 0.05) is 12.8 Å². The van der Waals surface area contributed by atoms with Gasteiger partial charge in [-0.1, -0.05) is 0 Å². The number of hydrogen-bond acceptors (Lipinski definition) is 6. The molecule has 0 atom stereocenters. The summed E-state index contributed by atoms with van der Waals surface area (Å²) in [5, 5.41) is 11.7. The van der Waals surface area contributed by atoms with Gasteiger partial charge in [-0.05, 0) is 38.8 Å². The number of piperidine rings is 1. The summed E-state index contributed by atoms with van der Waals surface area (Å²) < 4.78 is 16.0. The number of carboxylic acid groups (broad SMARTS) is 1. The maximum absolute atomic E-state index is 11.3. The van der Waals surface area contributed by atoms with E-state index in [2.05, 4.69) is 5.32 Å². The highest BCUT2D eigenvalue weighted by Crippen LogP contribution is 2.06. The highest BCUT2D eigenvalue weighted by molar-refractivity contribution is 5.69. The van der Waals surface area contributed by atoms with Crippen LogP contribution in [0.2, 0.25) is 0 Å². The van der Waals surface area contributed by atoms with E-state index in [9.17, 15) is 9.59 Å². The molecule has 7 nitrogen and oxygen atoms in total. The molecular weight excluding hydrogens is 290 g/mol. The van der Waals surface area contributed by atoms with Gasteiger partial charge in [-0.15, -0.1) is 0 Å². The van der Waals surface area contributed by atoms with Gasteiger partial charge in [0.1, 0.15) is 6.61 Å². The summed E-state index contributed by atoms with van der Waals surface area (Å²) in [6, 6.07) is 0. The molecule has 2 N–H and O–H groups in total. The predicted octanol–water partition coefficient (Wildman–Crippen LogP) is 0.960. The number of carboxylic acids is 1. The zero-order valence-corrected chi connectivity index (χ0v) is 13.1. The topological polar surface area (TPSA) is 94.1 Å². The van der Waals surface area contributed by atoms with Gasteiger partial charge < -0.3 is 24.6 Å². The summed E-state index contributed by atoms with van der Waals surface area (Å²) in [6.45, 7) is 3.66. The SMILES string of the molecule is O=C(O)CCCCC(=O)OCCOCCOC1CCNCC1. The molecule has 0 aromatic rings. The third-order valence-electron chi connectivity index (χ3n) is 3.38. The van der Waals surface area contributed by atoms with Gasteiger partial charge >= 0.3 is 11.9 Å². The molecule has 0 aliphatic carbocycles. The number of aliphatic carboxylic acids is 1. The Hall–Kier alpha value is -1.18. The third-order valence-corrected chi connectivity index (χ3v) is 3.38. The number of carbonyl (C=O) groups is 2. The van der Waals surface area contributed by atoms with Crippen molar-refractivity contribution in [3.05, 3.63) is 0 Å². The Balaban J connectivity index is 1.82. The Bertz CT molecular complexity index is 317. The second kappa shape index (κ2) is 12.4. The Morgan fingerprint density at radius 3 is 2.41 bits per heavy atom. The molecule has 22 heavy (non-hydrogen) atoms. The van der Waals surface area contributed by atoms with Crippen molar-refractivity contribution in [2.45, 2.75) is 44.6 Å². The van der Waals surface area contributed by atoms with Crippen LogP contribution in [0.3, 0.4) is 0 Å². The van der Waals surface area contributed by atoms with Crippen molar-refractivity contribution in [1.29, 1.82) is 0 Å². The molecule has 1 aliphatic heterocycles. The summed E-state index contributed by atoms with van der Waals surface area (Å²) in [7, 11) is 0. The summed E-state index contributed by atoms with van der Waals surface area (Å²) in [5.74, 6) is -1.14. The first-order valence-electron chi connectivity index (χ1n) is 7.96. The maximum atomic E-state index is 11.3. The number of nitrogens with one attached hydrogen (secondary N) is 1. The predicted molar refractivity (Wildman–Crippen MR) is 79.7 cm³/mol. The molecule has 7 heteroatoms. The van der Waals surface area contributed by atoms with E-state index >= 15 is 0 Å². The van der Waals surface area contributed by atoms with Gasteiger partial charge in [-0.2, -0.15) is 0 Å². The van der Waals surface area contributed by atoms with Crippen LogP contribution in [0.5, 0.6) is 0 Å². The summed E-state index contributed by atoms with van der Waals surface area (Å²) in [4.78, 5) is 21.6. The number of carbonyl (C=O) groups excluding carboxylic acids is 1. The summed E-state index contributed by atoms with van der Waals surface area (Å²) in [6.07, 6.45) is 3.79. The van der Waals surface area contributed by atoms with E-state index in [4.69, 9.17) is 19.3 Å². The van der Waals surface area contributed by atoms with Gasteiger partial charge in [0.25, 0.3) is 0 Å². The molecule has 1 heterocycles. The van der Waals surface area contributed by atoms with Crippen molar-refractivity contribution in [3.8, 4) is 0 Å². The molecule has 1 aliphatic rings. The van der Waals surface area contributed by atoms with Crippen LogP contribution in [0, 0.1) is 0 Å². The van der Waals surface area contributed by atoms with E-state index in [0.29, 0.717) is 38.8 Å². The second-order valence-corrected chi connectivity index (χ2v) is 5.25. The van der Waals surface area contributed by atoms with Gasteiger partial charge in [0.15, 0.2) is 0 Å². The van der Waals surface area contributed by atoms with Crippen LogP contribution in [-0.2, 0) is 23.8 Å². The Labute approximate surface area is 131 Å². The average molecular weight is 317 g/mol. The van der Waals surface area contributed by atoms with E-state index in [-0.39, 0.29) is 25.4 Å². The van der Waals surface area contributed by atoms with Gasteiger partial charge in [-0.25, -0.2) is 0 Å². The molecule has 0 radical (unpaired) electrons. The van der Waals surface area contributed by atoms with E-state index in [0.717, 1.165) is 25.9 Å². The molecule has 1 fully saturated rings. The van der Waals surface area contributed by atoms with Crippen molar-refractivity contribution in [3.63, 3.8) is 0 Å². The fourth-order valence-corrected chi connectivity index (χ4v) is 2.17. The van der Waals surface area contributed by atoms with E-state index in [1.54, 1.807) is 0 Å². The van der Waals surface area contributed by atoms with Crippen LogP contribution in [0.25, 0.3) is 0 Å². The van der Waals surface area contributed by atoms with E-state index in [1.807, 2.05) is 0 Å². The number of ether oxygens (including phenoxy) is 3. The van der Waals surface area contributed by atoms with Crippen LogP contribution in [0.1, 0.15) is 38.5 Å². The number of esters is 1. The quantitative estimate of drug-likeness (QED) is 0.409. The minimum atomic E-state index is -0.839. The molecule has 1 saturated heterocycles. The lowest BCUT2D eigenvalue weighted by atomic mass is 10.1. The number of unbranched alkanes of at least 4 members (excludes halogenated alkanes) is 1. The minimum Gasteiger partial charge on any atom is -0.481 e. The van der Waals surface area contributed by atoms with Crippen molar-refractivity contribution in [1.82, 2.24) is 5.32 Å². The molecule has 0 amide bonds. The Morgan fingerprint density at radius 1 is 1.00 bits per heavy atom. The monoisotopic (exact) mass is 317 g/mol. The maximum Gasteiger partial charge on any atom is 0.305 e. The second-order valence-electron chi connectivity index (χ2n) is 5.25. The first-order valence-corrected chi connectivity index (χ1v) is 7.96. The zero-order valence-electron chi connectivity index (χ0n) is 13.1. The van der Waals surface area contributed by atoms with Crippen molar-refractivity contribution in [2.24, 2.45) is 0 Å². The van der Waals surface area contributed by atoms with Crippen LogP contribution in [0.15, 0.2) is 0 Å².